The van der Waals surface area contributed by atoms with Crippen LogP contribution in [0.4, 0.5) is 5.82 Å². The third-order valence-electron chi connectivity index (χ3n) is 3.71. The van der Waals surface area contributed by atoms with E-state index >= 15 is 0 Å². The van der Waals surface area contributed by atoms with Crippen LogP contribution in [0.15, 0.2) is 36.5 Å². The van der Waals surface area contributed by atoms with Gasteiger partial charge in [-0.15, -0.1) is 0 Å². The molecule has 0 unspecified atom stereocenters. The first-order valence-electron chi connectivity index (χ1n) is 6.41. The van der Waals surface area contributed by atoms with E-state index in [4.69, 9.17) is 5.73 Å². The quantitative estimate of drug-likeness (QED) is 0.724. The minimum Gasteiger partial charge on any atom is -0.382 e. The number of benzene rings is 1. The van der Waals surface area contributed by atoms with E-state index in [0.717, 1.165) is 17.4 Å². The summed E-state index contributed by atoms with van der Waals surface area (Å²) in [5.74, 6) is 0.262. The standard InChI is InChI=1S/C16H15N3O/c1-10-4-3-5-13(11(10)2)12-6-7-15-18-16(17)14(9-20)19(15)8-12/h3-9H,17H2,1-2H3. The summed E-state index contributed by atoms with van der Waals surface area (Å²) in [7, 11) is 0. The van der Waals surface area contributed by atoms with Gasteiger partial charge in [0.1, 0.15) is 11.3 Å². The predicted octanol–water partition coefficient (Wildman–Crippen LogP) is 3.01. The van der Waals surface area contributed by atoms with E-state index in [0.29, 0.717) is 11.3 Å². The van der Waals surface area contributed by atoms with Gasteiger partial charge in [-0.1, -0.05) is 18.2 Å². The van der Waals surface area contributed by atoms with Crippen molar-refractivity contribution >= 4 is 17.8 Å². The average Bonchev–Trinajstić information content (AvgIpc) is 2.76. The highest BCUT2D eigenvalue weighted by Gasteiger charge is 2.10. The topological polar surface area (TPSA) is 60.4 Å². The Bertz CT molecular complexity index is 818. The second kappa shape index (κ2) is 4.49. The van der Waals surface area contributed by atoms with Gasteiger partial charge in [-0.3, -0.25) is 9.20 Å². The molecule has 0 amide bonds. The van der Waals surface area contributed by atoms with Crippen molar-refractivity contribution in [1.82, 2.24) is 9.38 Å². The zero-order valence-electron chi connectivity index (χ0n) is 11.4. The fourth-order valence-electron chi connectivity index (χ4n) is 2.42. The largest absolute Gasteiger partial charge is 0.382 e. The zero-order chi connectivity index (χ0) is 14.3. The van der Waals surface area contributed by atoms with E-state index in [1.54, 1.807) is 4.40 Å². The summed E-state index contributed by atoms with van der Waals surface area (Å²) in [4.78, 5) is 15.3. The Kier molecular flexibility index (Phi) is 2.79. The van der Waals surface area contributed by atoms with Crippen LogP contribution in [-0.4, -0.2) is 15.7 Å². The number of imidazole rings is 1. The Hall–Kier alpha value is -2.62. The number of carbonyl (C=O) groups is 1. The molecule has 0 bridgehead atoms. The minimum absolute atomic E-state index is 0.262. The SMILES string of the molecule is Cc1cccc(-c2ccc3nc(N)c(C=O)n3c2)c1C. The van der Waals surface area contributed by atoms with E-state index in [1.165, 1.54) is 11.1 Å². The lowest BCUT2D eigenvalue weighted by Gasteiger charge is -2.09. The Labute approximate surface area is 116 Å². The monoisotopic (exact) mass is 265 g/mol. The van der Waals surface area contributed by atoms with E-state index in [1.807, 2.05) is 24.4 Å². The van der Waals surface area contributed by atoms with Gasteiger partial charge in [0.15, 0.2) is 12.1 Å². The van der Waals surface area contributed by atoms with Crippen LogP contribution in [0.5, 0.6) is 0 Å². The van der Waals surface area contributed by atoms with Crippen molar-refractivity contribution in [3.05, 3.63) is 53.3 Å². The molecule has 0 saturated heterocycles. The number of anilines is 1. The van der Waals surface area contributed by atoms with Gasteiger partial charge < -0.3 is 5.73 Å². The molecule has 0 saturated carbocycles. The number of rotatable bonds is 2. The van der Waals surface area contributed by atoms with Crippen molar-refractivity contribution in [3.63, 3.8) is 0 Å². The van der Waals surface area contributed by atoms with E-state index in [9.17, 15) is 4.79 Å². The maximum absolute atomic E-state index is 11.1. The lowest BCUT2D eigenvalue weighted by molar-refractivity contribution is 0.111. The second-order valence-corrected chi connectivity index (χ2v) is 4.89. The lowest BCUT2D eigenvalue weighted by Crippen LogP contribution is -1.96. The van der Waals surface area contributed by atoms with Crippen molar-refractivity contribution in [2.24, 2.45) is 0 Å². The molecule has 2 heterocycles. The van der Waals surface area contributed by atoms with Crippen LogP contribution in [0.1, 0.15) is 21.6 Å². The van der Waals surface area contributed by atoms with Crippen molar-refractivity contribution in [1.29, 1.82) is 0 Å². The summed E-state index contributed by atoms with van der Waals surface area (Å²) in [5.41, 5.74) is 11.5. The molecule has 1 aromatic carbocycles. The molecule has 0 aliphatic carbocycles. The molecule has 100 valence electrons. The van der Waals surface area contributed by atoms with E-state index < -0.39 is 0 Å². The molecule has 0 aliphatic rings. The van der Waals surface area contributed by atoms with Crippen LogP contribution in [0, 0.1) is 13.8 Å². The number of pyridine rings is 1. The molecule has 2 aromatic heterocycles. The molecule has 4 heteroatoms. The molecule has 4 nitrogen and oxygen atoms in total. The molecule has 3 aromatic rings. The molecule has 2 N–H and O–H groups in total. The van der Waals surface area contributed by atoms with E-state index in [-0.39, 0.29) is 5.82 Å². The first kappa shape index (κ1) is 12.4. The maximum Gasteiger partial charge on any atom is 0.170 e. The normalized spacial score (nSPS) is 10.9. The van der Waals surface area contributed by atoms with E-state index in [2.05, 4.69) is 31.0 Å². The number of nitrogens with zero attached hydrogens (tertiary/aromatic N) is 2. The zero-order valence-corrected chi connectivity index (χ0v) is 11.4. The van der Waals surface area contributed by atoms with Gasteiger partial charge >= 0.3 is 0 Å². The van der Waals surface area contributed by atoms with Gasteiger partial charge in [0.25, 0.3) is 0 Å². The summed E-state index contributed by atoms with van der Waals surface area (Å²) in [5, 5.41) is 0. The van der Waals surface area contributed by atoms with Gasteiger partial charge in [-0.2, -0.15) is 0 Å². The first-order valence-corrected chi connectivity index (χ1v) is 6.41. The smallest absolute Gasteiger partial charge is 0.170 e. The Morgan fingerprint density at radius 3 is 2.75 bits per heavy atom. The molecule has 0 fully saturated rings. The molecular weight excluding hydrogens is 250 g/mol. The average molecular weight is 265 g/mol. The molecule has 0 aliphatic heterocycles. The number of hydrogen-bond acceptors (Lipinski definition) is 3. The predicted molar refractivity (Wildman–Crippen MR) is 79.9 cm³/mol. The van der Waals surface area contributed by atoms with Gasteiger partial charge in [-0.25, -0.2) is 4.98 Å². The minimum atomic E-state index is 0.262. The van der Waals surface area contributed by atoms with Crippen LogP contribution in [0.3, 0.4) is 0 Å². The van der Waals surface area contributed by atoms with Crippen LogP contribution >= 0.6 is 0 Å². The first-order chi connectivity index (χ1) is 9.61. The summed E-state index contributed by atoms with van der Waals surface area (Å²) in [6.07, 6.45) is 2.65. The lowest BCUT2D eigenvalue weighted by atomic mass is 9.98. The number of fused-ring (bicyclic) bond motifs is 1. The van der Waals surface area contributed by atoms with Crippen molar-refractivity contribution in [3.8, 4) is 11.1 Å². The van der Waals surface area contributed by atoms with Crippen LogP contribution in [-0.2, 0) is 0 Å². The third-order valence-corrected chi connectivity index (χ3v) is 3.71. The van der Waals surface area contributed by atoms with Crippen LogP contribution in [0.2, 0.25) is 0 Å². The highest BCUT2D eigenvalue weighted by atomic mass is 16.1. The molecule has 0 spiro atoms. The number of nitrogens with two attached hydrogens (primary N) is 1. The number of carbonyl (C=O) groups excluding carboxylic acids is 1. The summed E-state index contributed by atoms with van der Waals surface area (Å²) >= 11 is 0. The van der Waals surface area contributed by atoms with Crippen LogP contribution in [0.25, 0.3) is 16.8 Å². The van der Waals surface area contributed by atoms with Crippen molar-refractivity contribution in [2.45, 2.75) is 13.8 Å². The van der Waals surface area contributed by atoms with Gasteiger partial charge in [-0.05, 0) is 48.2 Å². The van der Waals surface area contributed by atoms with Gasteiger partial charge in [0, 0.05) is 6.20 Å². The van der Waals surface area contributed by atoms with Gasteiger partial charge in [0.2, 0.25) is 0 Å². The maximum atomic E-state index is 11.1. The number of hydrogen-bond donors (Lipinski definition) is 1. The van der Waals surface area contributed by atoms with Crippen LogP contribution < -0.4 is 5.73 Å². The Morgan fingerprint density at radius 1 is 1.20 bits per heavy atom. The summed E-state index contributed by atoms with van der Waals surface area (Å²) in [6, 6.07) is 10.1. The van der Waals surface area contributed by atoms with Gasteiger partial charge in [0.05, 0.1) is 0 Å². The molecule has 0 radical (unpaired) electrons. The molecular formula is C16H15N3O. The number of aldehydes is 1. The number of aromatic nitrogens is 2. The second-order valence-electron chi connectivity index (χ2n) is 4.89. The fourth-order valence-corrected chi connectivity index (χ4v) is 2.42. The summed E-state index contributed by atoms with van der Waals surface area (Å²) in [6.45, 7) is 4.18. The molecule has 3 rings (SSSR count). The van der Waals surface area contributed by atoms with Crippen molar-refractivity contribution < 1.29 is 4.79 Å². The third kappa shape index (κ3) is 1.77. The fraction of sp³-hybridized carbons (Fsp3) is 0.125. The highest BCUT2D eigenvalue weighted by molar-refractivity contribution is 5.82. The molecule has 0 atom stereocenters. The Morgan fingerprint density at radius 2 is 2.00 bits per heavy atom. The number of nitrogen functional groups attached to an aromatic ring is 1. The summed E-state index contributed by atoms with van der Waals surface area (Å²) < 4.78 is 1.74. The Balaban J connectivity index is 2.27. The highest BCUT2D eigenvalue weighted by Crippen LogP contribution is 2.26. The molecule has 20 heavy (non-hydrogen) atoms. The van der Waals surface area contributed by atoms with Crippen molar-refractivity contribution in [2.75, 3.05) is 5.73 Å². The number of aryl methyl sites for hydroxylation is 1.